The molecule has 7 nitrogen and oxygen atoms in total. The average Bonchev–Trinajstić information content (AvgIpc) is 3.01. The van der Waals surface area contributed by atoms with Crippen LogP contribution < -0.4 is 11.1 Å². The molecule has 0 spiro atoms. The number of carbonyl (C=O) groups is 2. The van der Waals surface area contributed by atoms with Crippen LogP contribution in [0.25, 0.3) is 0 Å². The van der Waals surface area contributed by atoms with Gasteiger partial charge in [-0.2, -0.15) is 0 Å². The van der Waals surface area contributed by atoms with E-state index in [0.717, 1.165) is 6.42 Å². The Morgan fingerprint density at radius 1 is 1.23 bits per heavy atom. The Morgan fingerprint density at radius 3 is 2.69 bits per heavy atom. The third kappa shape index (κ3) is 5.87. The fourth-order valence-electron chi connectivity index (χ4n) is 2.57. The standard InChI is InChI=1S/C18H25N5O2S/c1-3-23-16(9-8-15(19)24)21-22-18(23)26-12-17(25)20-11-10-14-7-5-4-6-13(14)2/h4-7H,3,8-12H2,1-2H3,(H2,19,24)(H,20,25). The summed E-state index contributed by atoms with van der Waals surface area (Å²) in [5, 5.41) is 11.8. The second-order valence-corrected chi connectivity index (χ2v) is 6.87. The molecule has 0 aliphatic rings. The Morgan fingerprint density at radius 2 is 2.00 bits per heavy atom. The van der Waals surface area contributed by atoms with E-state index in [1.165, 1.54) is 22.9 Å². The second kappa shape index (κ2) is 9.96. The smallest absolute Gasteiger partial charge is 0.230 e. The number of amides is 2. The lowest BCUT2D eigenvalue weighted by atomic mass is 10.1. The minimum absolute atomic E-state index is 0.0343. The van der Waals surface area contributed by atoms with Crippen LogP contribution in [0.4, 0.5) is 0 Å². The molecular weight excluding hydrogens is 350 g/mol. The van der Waals surface area contributed by atoms with Gasteiger partial charge in [0.05, 0.1) is 5.75 Å². The molecular formula is C18H25N5O2S. The number of nitrogens with zero attached hydrogens (tertiary/aromatic N) is 3. The Hall–Kier alpha value is -2.35. The summed E-state index contributed by atoms with van der Waals surface area (Å²) in [6.45, 7) is 5.33. The normalized spacial score (nSPS) is 10.7. The first-order valence-corrected chi connectivity index (χ1v) is 9.64. The first-order valence-electron chi connectivity index (χ1n) is 8.65. The number of carbonyl (C=O) groups excluding carboxylic acids is 2. The van der Waals surface area contributed by atoms with Crippen molar-refractivity contribution in [1.29, 1.82) is 0 Å². The summed E-state index contributed by atoms with van der Waals surface area (Å²) in [4.78, 5) is 23.0. The molecule has 0 bridgehead atoms. The van der Waals surface area contributed by atoms with Gasteiger partial charge in [-0.05, 0) is 31.4 Å². The molecule has 1 aromatic heterocycles. The SMILES string of the molecule is CCn1c(CCC(N)=O)nnc1SCC(=O)NCCc1ccccc1C. The van der Waals surface area contributed by atoms with Crippen molar-refractivity contribution in [3.05, 3.63) is 41.2 Å². The molecule has 0 aliphatic carbocycles. The Bertz CT molecular complexity index is 760. The molecule has 2 amide bonds. The van der Waals surface area contributed by atoms with Crippen molar-refractivity contribution in [2.24, 2.45) is 5.73 Å². The van der Waals surface area contributed by atoms with Gasteiger partial charge in [-0.15, -0.1) is 10.2 Å². The maximum atomic E-state index is 12.1. The molecule has 0 aliphatic heterocycles. The number of aromatic nitrogens is 3. The van der Waals surface area contributed by atoms with Crippen LogP contribution in [0, 0.1) is 6.92 Å². The van der Waals surface area contributed by atoms with E-state index >= 15 is 0 Å². The molecule has 0 saturated carbocycles. The van der Waals surface area contributed by atoms with Crippen LogP contribution in [-0.2, 0) is 29.0 Å². The van der Waals surface area contributed by atoms with Crippen LogP contribution >= 0.6 is 11.8 Å². The average molecular weight is 375 g/mol. The predicted molar refractivity (Wildman–Crippen MR) is 102 cm³/mol. The summed E-state index contributed by atoms with van der Waals surface area (Å²) in [6.07, 6.45) is 1.51. The van der Waals surface area contributed by atoms with Crippen LogP contribution in [0.15, 0.2) is 29.4 Å². The van der Waals surface area contributed by atoms with Crippen LogP contribution in [-0.4, -0.2) is 38.9 Å². The van der Waals surface area contributed by atoms with Crippen LogP contribution in [0.1, 0.15) is 30.3 Å². The van der Waals surface area contributed by atoms with Crippen molar-refractivity contribution in [2.75, 3.05) is 12.3 Å². The van der Waals surface area contributed by atoms with Crippen molar-refractivity contribution in [3.63, 3.8) is 0 Å². The zero-order chi connectivity index (χ0) is 18.9. The summed E-state index contributed by atoms with van der Waals surface area (Å²) < 4.78 is 1.91. The van der Waals surface area contributed by atoms with E-state index in [9.17, 15) is 9.59 Å². The first kappa shape index (κ1) is 20.0. The highest BCUT2D eigenvalue weighted by atomic mass is 32.2. The number of nitrogens with one attached hydrogen (secondary N) is 1. The fourth-order valence-corrected chi connectivity index (χ4v) is 3.42. The Kier molecular flexibility index (Phi) is 7.65. The van der Waals surface area contributed by atoms with E-state index in [4.69, 9.17) is 5.73 Å². The summed E-state index contributed by atoms with van der Waals surface area (Å²) >= 11 is 1.35. The highest BCUT2D eigenvalue weighted by Crippen LogP contribution is 2.17. The Labute approximate surface area is 157 Å². The summed E-state index contributed by atoms with van der Waals surface area (Å²) in [6, 6.07) is 8.16. The quantitative estimate of drug-likeness (QED) is 0.612. The van der Waals surface area contributed by atoms with Crippen molar-refractivity contribution in [1.82, 2.24) is 20.1 Å². The van der Waals surface area contributed by atoms with Crippen molar-refractivity contribution < 1.29 is 9.59 Å². The maximum Gasteiger partial charge on any atom is 0.230 e. The molecule has 1 aromatic carbocycles. The van der Waals surface area contributed by atoms with Crippen LogP contribution in [0.5, 0.6) is 0 Å². The number of aryl methyl sites for hydroxylation is 2. The zero-order valence-electron chi connectivity index (χ0n) is 15.2. The van der Waals surface area contributed by atoms with Crippen LogP contribution in [0.2, 0.25) is 0 Å². The molecule has 3 N–H and O–H groups in total. The molecule has 2 rings (SSSR count). The van der Waals surface area contributed by atoms with E-state index in [-0.39, 0.29) is 24.0 Å². The number of thioether (sulfide) groups is 1. The van der Waals surface area contributed by atoms with E-state index in [2.05, 4.69) is 34.6 Å². The van der Waals surface area contributed by atoms with E-state index in [1.54, 1.807) is 0 Å². The van der Waals surface area contributed by atoms with E-state index < -0.39 is 0 Å². The number of hydrogen-bond donors (Lipinski definition) is 2. The minimum Gasteiger partial charge on any atom is -0.370 e. The van der Waals surface area contributed by atoms with Gasteiger partial charge >= 0.3 is 0 Å². The van der Waals surface area contributed by atoms with Gasteiger partial charge in [-0.25, -0.2) is 0 Å². The van der Waals surface area contributed by atoms with Crippen molar-refractivity contribution >= 4 is 23.6 Å². The highest BCUT2D eigenvalue weighted by Gasteiger charge is 2.13. The van der Waals surface area contributed by atoms with Crippen molar-refractivity contribution in [2.45, 2.75) is 44.8 Å². The van der Waals surface area contributed by atoms with Gasteiger partial charge < -0.3 is 15.6 Å². The fraction of sp³-hybridized carbons (Fsp3) is 0.444. The van der Waals surface area contributed by atoms with Gasteiger partial charge in [0.25, 0.3) is 0 Å². The molecule has 0 unspecified atom stereocenters. The van der Waals surface area contributed by atoms with Crippen LogP contribution in [0.3, 0.4) is 0 Å². The first-order chi connectivity index (χ1) is 12.5. The summed E-state index contributed by atoms with van der Waals surface area (Å²) in [5.74, 6) is 0.599. The molecule has 0 fully saturated rings. The zero-order valence-corrected chi connectivity index (χ0v) is 16.0. The van der Waals surface area contributed by atoms with Gasteiger partial charge in [0.1, 0.15) is 5.82 Å². The third-order valence-corrected chi connectivity index (χ3v) is 4.98. The van der Waals surface area contributed by atoms with E-state index in [0.29, 0.717) is 30.5 Å². The number of primary amides is 1. The third-order valence-electron chi connectivity index (χ3n) is 4.01. The predicted octanol–water partition coefficient (Wildman–Crippen LogP) is 1.48. The summed E-state index contributed by atoms with van der Waals surface area (Å²) in [5.41, 5.74) is 7.65. The number of hydrogen-bond acceptors (Lipinski definition) is 5. The van der Waals surface area contributed by atoms with E-state index in [1.807, 2.05) is 23.6 Å². The maximum absolute atomic E-state index is 12.1. The molecule has 8 heteroatoms. The molecule has 1 heterocycles. The Balaban J connectivity index is 1.80. The largest absolute Gasteiger partial charge is 0.370 e. The van der Waals surface area contributed by atoms with Crippen molar-refractivity contribution in [3.8, 4) is 0 Å². The minimum atomic E-state index is -0.363. The number of rotatable bonds is 10. The monoisotopic (exact) mass is 375 g/mol. The van der Waals surface area contributed by atoms with Gasteiger partial charge in [0.2, 0.25) is 11.8 Å². The lowest BCUT2D eigenvalue weighted by Gasteiger charge is -2.08. The molecule has 26 heavy (non-hydrogen) atoms. The molecule has 2 aromatic rings. The van der Waals surface area contributed by atoms with Gasteiger partial charge in [0.15, 0.2) is 5.16 Å². The number of nitrogens with two attached hydrogens (primary N) is 1. The molecule has 140 valence electrons. The lowest BCUT2D eigenvalue weighted by Crippen LogP contribution is -2.27. The second-order valence-electron chi connectivity index (χ2n) is 5.92. The lowest BCUT2D eigenvalue weighted by molar-refractivity contribution is -0.119. The molecule has 0 atom stereocenters. The number of benzene rings is 1. The summed E-state index contributed by atoms with van der Waals surface area (Å²) in [7, 11) is 0. The molecule has 0 saturated heterocycles. The van der Waals surface area contributed by atoms with Gasteiger partial charge in [-0.1, -0.05) is 36.0 Å². The highest BCUT2D eigenvalue weighted by molar-refractivity contribution is 7.99. The topological polar surface area (TPSA) is 103 Å². The van der Waals surface area contributed by atoms with Gasteiger partial charge in [0, 0.05) is 25.9 Å². The molecule has 0 radical (unpaired) electrons. The van der Waals surface area contributed by atoms with Gasteiger partial charge in [-0.3, -0.25) is 9.59 Å².